The van der Waals surface area contributed by atoms with Gasteiger partial charge >= 0.3 is 6.09 Å². The van der Waals surface area contributed by atoms with Gasteiger partial charge in [0.25, 0.3) is 5.91 Å². The average Bonchev–Trinajstić information content (AvgIpc) is 3.20. The van der Waals surface area contributed by atoms with Crippen LogP contribution in [0, 0.1) is 0 Å². The molecule has 0 saturated carbocycles. The lowest BCUT2D eigenvalue weighted by Gasteiger charge is -2.31. The van der Waals surface area contributed by atoms with Crippen LogP contribution in [0.25, 0.3) is 0 Å². The van der Waals surface area contributed by atoms with Crippen LogP contribution in [0.5, 0.6) is 5.75 Å². The molecular formula is C22H27N3O5. The summed E-state index contributed by atoms with van der Waals surface area (Å²) in [5.41, 5.74) is 3.16. The molecule has 3 heterocycles. The number of piperidine rings is 1. The van der Waals surface area contributed by atoms with Gasteiger partial charge in [0.1, 0.15) is 17.4 Å². The molecule has 3 aliphatic rings. The number of carbonyl (C=O) groups excluding carboxylic acids is 3. The molecule has 0 radical (unpaired) electrons. The number of amides is 3. The topological polar surface area (TPSA) is 88.2 Å². The van der Waals surface area contributed by atoms with Crippen LogP contribution in [0.3, 0.4) is 0 Å². The molecule has 0 spiro atoms. The van der Waals surface area contributed by atoms with Crippen LogP contribution in [0.2, 0.25) is 0 Å². The molecule has 0 aliphatic carbocycles. The second-order valence-electron chi connectivity index (χ2n) is 8.99. The number of nitrogens with one attached hydrogen (secondary N) is 1. The van der Waals surface area contributed by atoms with Crippen molar-refractivity contribution < 1.29 is 23.9 Å². The molecule has 30 heavy (non-hydrogen) atoms. The Kier molecular flexibility index (Phi) is 4.75. The van der Waals surface area contributed by atoms with Crippen molar-refractivity contribution in [2.45, 2.75) is 64.9 Å². The number of ether oxygens (including phenoxy) is 2. The van der Waals surface area contributed by atoms with Gasteiger partial charge in [-0.3, -0.25) is 14.5 Å². The van der Waals surface area contributed by atoms with Gasteiger partial charge < -0.3 is 19.7 Å². The zero-order valence-corrected chi connectivity index (χ0v) is 17.8. The molecule has 1 atom stereocenters. The van der Waals surface area contributed by atoms with E-state index in [4.69, 9.17) is 9.47 Å². The maximum absolute atomic E-state index is 13.2. The Morgan fingerprint density at radius 3 is 2.57 bits per heavy atom. The van der Waals surface area contributed by atoms with Crippen LogP contribution in [-0.2, 0) is 29.2 Å². The van der Waals surface area contributed by atoms with Crippen molar-refractivity contribution in [2.24, 2.45) is 0 Å². The zero-order chi connectivity index (χ0) is 21.8. The number of fused-ring (bicyclic) bond motifs is 2. The highest BCUT2D eigenvalue weighted by molar-refractivity contribution is 6.02. The normalized spacial score (nSPS) is 20.8. The van der Waals surface area contributed by atoms with Crippen molar-refractivity contribution in [2.75, 3.05) is 7.11 Å². The maximum Gasteiger partial charge on any atom is 0.410 e. The van der Waals surface area contributed by atoms with Crippen molar-refractivity contribution >= 4 is 17.9 Å². The minimum absolute atomic E-state index is 0.186. The van der Waals surface area contributed by atoms with Gasteiger partial charge in [0.15, 0.2) is 0 Å². The molecule has 3 amide bonds. The monoisotopic (exact) mass is 413 g/mol. The lowest BCUT2D eigenvalue weighted by Crippen LogP contribution is -2.49. The first-order valence-corrected chi connectivity index (χ1v) is 10.1. The first-order valence-electron chi connectivity index (χ1n) is 10.1. The summed E-state index contributed by atoms with van der Waals surface area (Å²) in [6.07, 6.45) is 0.807. The largest absolute Gasteiger partial charge is 0.496 e. The molecule has 0 bridgehead atoms. The minimum atomic E-state index is -0.583. The van der Waals surface area contributed by atoms with E-state index in [-0.39, 0.29) is 11.8 Å². The third-order valence-electron chi connectivity index (χ3n) is 5.66. The molecular weight excluding hydrogens is 386 g/mol. The van der Waals surface area contributed by atoms with E-state index < -0.39 is 17.7 Å². The molecule has 3 aliphatic heterocycles. The van der Waals surface area contributed by atoms with E-state index in [9.17, 15) is 14.4 Å². The summed E-state index contributed by atoms with van der Waals surface area (Å²) >= 11 is 0. The molecule has 1 aromatic carbocycles. The second-order valence-corrected chi connectivity index (χ2v) is 8.99. The summed E-state index contributed by atoms with van der Waals surface area (Å²) in [5, 5.41) is 2.75. The number of allylic oxidation sites excluding steroid dienone is 1. The predicted molar refractivity (Wildman–Crippen MR) is 109 cm³/mol. The smallest absolute Gasteiger partial charge is 0.410 e. The maximum atomic E-state index is 13.2. The quantitative estimate of drug-likeness (QED) is 0.805. The van der Waals surface area contributed by atoms with Crippen molar-refractivity contribution in [3.05, 3.63) is 40.6 Å². The lowest BCUT2D eigenvalue weighted by atomic mass is 10.00. The summed E-state index contributed by atoms with van der Waals surface area (Å²) in [4.78, 5) is 41.3. The number of methoxy groups -OCH3 is 1. The number of carbonyl (C=O) groups is 3. The molecule has 1 fully saturated rings. The Morgan fingerprint density at radius 2 is 1.93 bits per heavy atom. The molecule has 1 N–H and O–H groups in total. The van der Waals surface area contributed by atoms with E-state index in [2.05, 4.69) is 11.9 Å². The summed E-state index contributed by atoms with van der Waals surface area (Å²) in [6, 6.07) is 1.31. The van der Waals surface area contributed by atoms with E-state index in [0.717, 1.165) is 16.7 Å². The van der Waals surface area contributed by atoms with Crippen LogP contribution in [0.4, 0.5) is 4.79 Å². The minimum Gasteiger partial charge on any atom is -0.496 e. The van der Waals surface area contributed by atoms with Gasteiger partial charge in [-0.05, 0) is 45.2 Å². The van der Waals surface area contributed by atoms with Gasteiger partial charge in [0.2, 0.25) is 5.91 Å². The van der Waals surface area contributed by atoms with Crippen molar-refractivity contribution in [1.29, 1.82) is 0 Å². The van der Waals surface area contributed by atoms with E-state index in [1.165, 1.54) is 0 Å². The Hall–Kier alpha value is -3.03. The highest BCUT2D eigenvalue weighted by Gasteiger charge is 2.42. The summed E-state index contributed by atoms with van der Waals surface area (Å²) in [5.74, 6) is 0.231. The molecule has 1 aromatic rings. The number of nitrogens with zero attached hydrogens (tertiary/aromatic N) is 2. The third kappa shape index (κ3) is 3.40. The predicted octanol–water partition coefficient (Wildman–Crippen LogP) is 2.69. The van der Waals surface area contributed by atoms with E-state index >= 15 is 0 Å². The summed E-state index contributed by atoms with van der Waals surface area (Å²) in [7, 11) is 1.57. The second kappa shape index (κ2) is 7.04. The molecule has 1 saturated heterocycles. The van der Waals surface area contributed by atoms with Crippen LogP contribution >= 0.6 is 0 Å². The third-order valence-corrected chi connectivity index (χ3v) is 5.66. The van der Waals surface area contributed by atoms with E-state index in [1.807, 2.05) is 26.8 Å². The standard InChI is InChI=1S/C22H27N3O5/c1-12-6-7-17(19(26)23-12)25-11-16-14(20(25)27)8-13-9-24(10-15(13)18(16)29-5)21(28)30-22(2,3)4/h8,17H,1,6-7,9-11H2,2-5H3,(H,23,26). The molecule has 8 heteroatoms. The fourth-order valence-electron chi connectivity index (χ4n) is 4.32. The Balaban J connectivity index is 1.61. The van der Waals surface area contributed by atoms with Crippen molar-refractivity contribution in [3.8, 4) is 5.75 Å². The van der Waals surface area contributed by atoms with Crippen molar-refractivity contribution in [3.63, 3.8) is 0 Å². The van der Waals surface area contributed by atoms with Gasteiger partial charge in [-0.15, -0.1) is 0 Å². The van der Waals surface area contributed by atoms with Crippen LogP contribution in [-0.4, -0.2) is 46.5 Å². The Bertz CT molecular complexity index is 963. The van der Waals surface area contributed by atoms with Crippen LogP contribution < -0.4 is 10.1 Å². The fourth-order valence-corrected chi connectivity index (χ4v) is 4.32. The average molecular weight is 413 g/mol. The highest BCUT2D eigenvalue weighted by Crippen LogP contribution is 2.41. The first-order chi connectivity index (χ1) is 14.1. The van der Waals surface area contributed by atoms with E-state index in [1.54, 1.807) is 16.9 Å². The van der Waals surface area contributed by atoms with Gasteiger partial charge in [0.05, 0.1) is 20.2 Å². The number of hydrogen-bond acceptors (Lipinski definition) is 5. The number of hydrogen-bond donors (Lipinski definition) is 1. The SMILES string of the molecule is C=C1CCC(N2Cc3c(cc4c(c3OC)CN(C(=O)OC(C)(C)C)C4)C2=O)C(=O)N1. The molecule has 4 rings (SSSR count). The van der Waals surface area contributed by atoms with Gasteiger partial charge in [-0.25, -0.2) is 4.79 Å². The number of benzene rings is 1. The Morgan fingerprint density at radius 1 is 1.20 bits per heavy atom. The number of rotatable bonds is 2. The fraction of sp³-hybridized carbons (Fsp3) is 0.500. The molecule has 0 aromatic heterocycles. The van der Waals surface area contributed by atoms with Crippen molar-refractivity contribution in [1.82, 2.24) is 15.1 Å². The first kappa shape index (κ1) is 20.3. The molecule has 1 unspecified atom stereocenters. The molecule has 8 nitrogen and oxygen atoms in total. The van der Waals surface area contributed by atoms with Crippen LogP contribution in [0.15, 0.2) is 18.3 Å². The van der Waals surface area contributed by atoms with Crippen LogP contribution in [0.1, 0.15) is 60.7 Å². The van der Waals surface area contributed by atoms with Gasteiger partial charge in [-0.2, -0.15) is 0 Å². The lowest BCUT2D eigenvalue weighted by molar-refractivity contribution is -0.126. The van der Waals surface area contributed by atoms with Gasteiger partial charge in [-0.1, -0.05) is 6.58 Å². The summed E-state index contributed by atoms with van der Waals surface area (Å²) < 4.78 is 11.2. The summed E-state index contributed by atoms with van der Waals surface area (Å²) in [6.45, 7) is 10.3. The zero-order valence-electron chi connectivity index (χ0n) is 17.8. The van der Waals surface area contributed by atoms with Gasteiger partial charge in [0, 0.05) is 28.9 Å². The molecule has 160 valence electrons. The Labute approximate surface area is 175 Å². The van der Waals surface area contributed by atoms with E-state index in [0.29, 0.717) is 49.5 Å². The highest BCUT2D eigenvalue weighted by atomic mass is 16.6.